The van der Waals surface area contributed by atoms with Gasteiger partial charge in [-0.25, -0.2) is 4.98 Å². The van der Waals surface area contributed by atoms with Crippen molar-refractivity contribution < 1.29 is 9.53 Å². The van der Waals surface area contributed by atoms with Crippen LogP contribution in [0.15, 0.2) is 34.8 Å². The van der Waals surface area contributed by atoms with Gasteiger partial charge in [-0.1, -0.05) is 22.0 Å². The molecule has 0 unspecified atom stereocenters. The number of amides is 1. The molecule has 0 radical (unpaired) electrons. The topological polar surface area (TPSA) is 69.0 Å². The van der Waals surface area contributed by atoms with Crippen LogP contribution in [0.4, 0.5) is 0 Å². The van der Waals surface area contributed by atoms with E-state index in [1.165, 1.54) is 0 Å². The Bertz CT molecular complexity index is 1010. The molecule has 2 heterocycles. The van der Waals surface area contributed by atoms with Gasteiger partial charge in [-0.3, -0.25) is 9.48 Å². The number of pyridine rings is 1. The highest BCUT2D eigenvalue weighted by atomic mass is 79.9. The molecule has 27 heavy (non-hydrogen) atoms. The molecule has 1 aliphatic carbocycles. The Morgan fingerprint density at radius 2 is 2.19 bits per heavy atom. The molecular formula is C20H21BrN4O2. The molecule has 1 amide bonds. The van der Waals surface area contributed by atoms with E-state index in [9.17, 15) is 4.79 Å². The second kappa shape index (κ2) is 7.31. The van der Waals surface area contributed by atoms with Crippen LogP contribution in [0.1, 0.15) is 40.5 Å². The fourth-order valence-corrected chi connectivity index (χ4v) is 3.60. The van der Waals surface area contributed by atoms with Gasteiger partial charge in [0.1, 0.15) is 12.4 Å². The van der Waals surface area contributed by atoms with Gasteiger partial charge in [0, 0.05) is 23.1 Å². The maximum absolute atomic E-state index is 12.8. The predicted molar refractivity (Wildman–Crippen MR) is 107 cm³/mol. The summed E-state index contributed by atoms with van der Waals surface area (Å²) >= 11 is 3.42. The van der Waals surface area contributed by atoms with Gasteiger partial charge < -0.3 is 10.1 Å². The molecule has 7 heteroatoms. The molecule has 1 saturated carbocycles. The number of fused-ring (bicyclic) bond motifs is 1. The van der Waals surface area contributed by atoms with E-state index in [1.54, 1.807) is 4.68 Å². The van der Waals surface area contributed by atoms with E-state index < -0.39 is 0 Å². The van der Waals surface area contributed by atoms with E-state index in [2.05, 4.69) is 26.3 Å². The van der Waals surface area contributed by atoms with Crippen LogP contribution < -0.4 is 10.1 Å². The zero-order valence-corrected chi connectivity index (χ0v) is 16.9. The van der Waals surface area contributed by atoms with E-state index >= 15 is 0 Å². The molecule has 1 fully saturated rings. The van der Waals surface area contributed by atoms with Gasteiger partial charge in [0.2, 0.25) is 0 Å². The van der Waals surface area contributed by atoms with Crippen molar-refractivity contribution in [3.8, 4) is 5.75 Å². The molecule has 0 spiro atoms. The van der Waals surface area contributed by atoms with Crippen LogP contribution in [0, 0.1) is 6.92 Å². The summed E-state index contributed by atoms with van der Waals surface area (Å²) in [6.45, 7) is 2.74. The zero-order valence-electron chi connectivity index (χ0n) is 15.3. The van der Waals surface area contributed by atoms with E-state index in [0.717, 1.165) is 45.5 Å². The number of benzene rings is 1. The van der Waals surface area contributed by atoms with Gasteiger partial charge in [0.25, 0.3) is 5.91 Å². The molecule has 2 aromatic heterocycles. The van der Waals surface area contributed by atoms with Gasteiger partial charge in [-0.15, -0.1) is 0 Å². The first-order valence-electron chi connectivity index (χ1n) is 9.03. The average Bonchev–Trinajstić information content (AvgIpc) is 3.45. The van der Waals surface area contributed by atoms with Gasteiger partial charge in [-0.05, 0) is 44.0 Å². The summed E-state index contributed by atoms with van der Waals surface area (Å²) < 4.78 is 8.40. The summed E-state index contributed by atoms with van der Waals surface area (Å²) in [4.78, 5) is 17.6. The van der Waals surface area contributed by atoms with Crippen molar-refractivity contribution in [3.63, 3.8) is 0 Å². The summed E-state index contributed by atoms with van der Waals surface area (Å²) in [5.41, 5.74) is 3.22. The molecule has 0 atom stereocenters. The first-order chi connectivity index (χ1) is 13.0. The molecule has 1 aromatic carbocycles. The van der Waals surface area contributed by atoms with E-state index in [4.69, 9.17) is 9.72 Å². The number of carbonyl (C=O) groups is 1. The number of hydrogen-bond acceptors (Lipinski definition) is 4. The lowest BCUT2D eigenvalue weighted by Crippen LogP contribution is -2.28. The lowest BCUT2D eigenvalue weighted by atomic mass is 10.1. The van der Waals surface area contributed by atoms with E-state index in [1.807, 2.05) is 44.3 Å². The minimum atomic E-state index is -0.113. The number of carbonyl (C=O) groups excluding carboxylic acids is 1. The maximum atomic E-state index is 12.8. The number of aromatic nitrogens is 3. The molecule has 1 N–H and O–H groups in total. The van der Waals surface area contributed by atoms with Crippen molar-refractivity contribution in [1.82, 2.24) is 20.1 Å². The fourth-order valence-electron chi connectivity index (χ4n) is 3.22. The Morgan fingerprint density at radius 1 is 1.37 bits per heavy atom. The molecule has 140 valence electrons. The molecule has 0 bridgehead atoms. The van der Waals surface area contributed by atoms with Crippen molar-refractivity contribution >= 4 is 32.9 Å². The Labute approximate surface area is 166 Å². The summed E-state index contributed by atoms with van der Waals surface area (Å²) in [5, 5.41) is 8.23. The molecule has 0 aliphatic heterocycles. The van der Waals surface area contributed by atoms with Gasteiger partial charge in [0.15, 0.2) is 5.65 Å². The monoisotopic (exact) mass is 428 g/mol. The Balaban J connectivity index is 1.48. The Morgan fingerprint density at radius 3 is 2.93 bits per heavy atom. The van der Waals surface area contributed by atoms with Crippen molar-refractivity contribution in [2.45, 2.75) is 25.7 Å². The SMILES string of the molecule is Cc1nn(C)c2nc(C3CC3)cc(C(=O)NCCOc3cccc(Br)c3)c12. The quantitative estimate of drug-likeness (QED) is 0.607. The third kappa shape index (κ3) is 3.83. The van der Waals surface area contributed by atoms with Crippen LogP contribution in [-0.4, -0.2) is 33.8 Å². The largest absolute Gasteiger partial charge is 0.492 e. The predicted octanol–water partition coefficient (Wildman–Crippen LogP) is 3.73. The van der Waals surface area contributed by atoms with Crippen LogP contribution in [0.3, 0.4) is 0 Å². The number of ether oxygens (including phenoxy) is 1. The number of hydrogen-bond donors (Lipinski definition) is 1. The number of nitrogens with one attached hydrogen (secondary N) is 1. The highest BCUT2D eigenvalue weighted by Gasteiger charge is 2.28. The average molecular weight is 429 g/mol. The molecule has 6 nitrogen and oxygen atoms in total. The zero-order chi connectivity index (χ0) is 19.0. The fraction of sp³-hybridized carbons (Fsp3) is 0.350. The number of rotatable bonds is 6. The van der Waals surface area contributed by atoms with Crippen LogP contribution in [0.25, 0.3) is 11.0 Å². The first kappa shape index (κ1) is 18.0. The first-order valence-corrected chi connectivity index (χ1v) is 9.83. The number of nitrogens with zero attached hydrogens (tertiary/aromatic N) is 3. The van der Waals surface area contributed by atoms with Crippen LogP contribution in [0.5, 0.6) is 5.75 Å². The summed E-state index contributed by atoms with van der Waals surface area (Å²) in [6, 6.07) is 9.57. The molecular weight excluding hydrogens is 408 g/mol. The van der Waals surface area contributed by atoms with Crippen molar-refractivity contribution in [2.75, 3.05) is 13.2 Å². The lowest BCUT2D eigenvalue weighted by Gasteiger charge is -2.10. The highest BCUT2D eigenvalue weighted by Crippen LogP contribution is 2.40. The highest BCUT2D eigenvalue weighted by molar-refractivity contribution is 9.10. The summed E-state index contributed by atoms with van der Waals surface area (Å²) in [5.74, 6) is 1.12. The van der Waals surface area contributed by atoms with Gasteiger partial charge in [-0.2, -0.15) is 5.10 Å². The third-order valence-corrected chi connectivity index (χ3v) is 5.17. The maximum Gasteiger partial charge on any atom is 0.252 e. The minimum absolute atomic E-state index is 0.113. The van der Waals surface area contributed by atoms with Crippen molar-refractivity contribution in [2.24, 2.45) is 7.05 Å². The Kier molecular flexibility index (Phi) is 4.86. The van der Waals surface area contributed by atoms with Crippen molar-refractivity contribution in [3.05, 3.63) is 51.8 Å². The second-order valence-corrected chi connectivity index (χ2v) is 7.75. The normalized spacial score (nSPS) is 13.7. The molecule has 4 rings (SSSR count). The van der Waals surface area contributed by atoms with Crippen LogP contribution in [0.2, 0.25) is 0 Å². The molecule has 1 aliphatic rings. The van der Waals surface area contributed by atoms with E-state index in [0.29, 0.717) is 24.6 Å². The van der Waals surface area contributed by atoms with Gasteiger partial charge >= 0.3 is 0 Å². The molecule has 0 saturated heterocycles. The summed E-state index contributed by atoms with van der Waals surface area (Å²) in [6.07, 6.45) is 2.27. The molecule has 3 aromatic rings. The third-order valence-electron chi connectivity index (χ3n) is 4.68. The summed E-state index contributed by atoms with van der Waals surface area (Å²) in [7, 11) is 1.87. The lowest BCUT2D eigenvalue weighted by molar-refractivity contribution is 0.0948. The smallest absolute Gasteiger partial charge is 0.252 e. The second-order valence-electron chi connectivity index (χ2n) is 6.84. The number of aryl methyl sites for hydroxylation is 2. The Hall–Kier alpha value is -2.41. The number of halogens is 1. The van der Waals surface area contributed by atoms with Crippen LogP contribution in [-0.2, 0) is 7.05 Å². The van der Waals surface area contributed by atoms with Crippen LogP contribution >= 0.6 is 15.9 Å². The minimum Gasteiger partial charge on any atom is -0.492 e. The van der Waals surface area contributed by atoms with E-state index in [-0.39, 0.29) is 5.91 Å². The van der Waals surface area contributed by atoms with Gasteiger partial charge in [0.05, 0.1) is 23.2 Å². The van der Waals surface area contributed by atoms with Crippen molar-refractivity contribution in [1.29, 1.82) is 0 Å². The standard InChI is InChI=1S/C20H21BrN4O2/c1-12-18-16(11-17(13-6-7-13)23-19(18)25(2)24-12)20(26)22-8-9-27-15-5-3-4-14(21)10-15/h3-5,10-11,13H,6-9H2,1-2H3,(H,22,26).